The van der Waals surface area contributed by atoms with Crippen molar-refractivity contribution >= 4 is 5.78 Å². The maximum atomic E-state index is 11.6. The average molecular weight is 256 g/mol. The maximum Gasteiger partial charge on any atom is 0.149 e. The second-order valence-corrected chi connectivity index (χ2v) is 5.28. The van der Waals surface area contributed by atoms with Gasteiger partial charge in [-0.25, -0.2) is 0 Å². The number of nitrogens with zero attached hydrogens (tertiary/aromatic N) is 2. The second-order valence-electron chi connectivity index (χ2n) is 5.28. The molecule has 0 radical (unpaired) electrons. The van der Waals surface area contributed by atoms with Gasteiger partial charge in [0.1, 0.15) is 5.78 Å². The molecular weight excluding hydrogens is 228 g/mol. The van der Waals surface area contributed by atoms with Gasteiger partial charge in [-0.2, -0.15) is 0 Å². The highest BCUT2D eigenvalue weighted by molar-refractivity contribution is 5.82. The fourth-order valence-electron chi connectivity index (χ4n) is 2.18. The lowest BCUT2D eigenvalue weighted by molar-refractivity contribution is -0.126. The molecule has 0 aliphatic heterocycles. The van der Waals surface area contributed by atoms with E-state index < -0.39 is 12.1 Å². The van der Waals surface area contributed by atoms with Crippen molar-refractivity contribution in [2.45, 2.75) is 32.9 Å². The molecule has 0 rings (SSSR count). The third kappa shape index (κ3) is 5.76. The van der Waals surface area contributed by atoms with Crippen LogP contribution in [0.1, 0.15) is 20.8 Å². The van der Waals surface area contributed by atoms with E-state index in [0.29, 0.717) is 0 Å². The van der Waals surface area contributed by atoms with Crippen molar-refractivity contribution in [3.63, 3.8) is 0 Å². The van der Waals surface area contributed by atoms with E-state index in [1.54, 1.807) is 4.90 Å². The summed E-state index contributed by atoms with van der Waals surface area (Å²) in [5, 5.41) is 10.3. The number of rotatable bonds is 8. The normalized spacial score (nSPS) is 17.4. The van der Waals surface area contributed by atoms with Crippen LogP contribution in [0.15, 0.2) is 12.2 Å². The molecule has 106 valence electrons. The molecule has 0 aliphatic rings. The number of hydrogen-bond acceptors (Lipinski definition) is 4. The second kappa shape index (κ2) is 8.40. The fraction of sp³-hybridized carbons (Fsp3) is 0.786. The largest absolute Gasteiger partial charge is 0.391 e. The van der Waals surface area contributed by atoms with E-state index in [2.05, 4.69) is 11.0 Å². The van der Waals surface area contributed by atoms with E-state index >= 15 is 0 Å². The first-order chi connectivity index (χ1) is 8.31. The Morgan fingerprint density at radius 1 is 1.33 bits per heavy atom. The molecule has 0 fully saturated rings. The summed E-state index contributed by atoms with van der Waals surface area (Å²) in [6.07, 6.45) is 3.45. The first-order valence-corrected chi connectivity index (χ1v) is 6.45. The number of hydrogen-bond donors (Lipinski definition) is 1. The Balaban J connectivity index is 4.47. The summed E-state index contributed by atoms with van der Waals surface area (Å²) in [7, 11) is 5.67. The van der Waals surface area contributed by atoms with E-state index in [0.717, 1.165) is 13.1 Å². The maximum absolute atomic E-state index is 11.6. The molecular formula is C14H28N2O2. The molecule has 4 heteroatoms. The lowest BCUT2D eigenvalue weighted by Gasteiger charge is -2.32. The number of carbonyl (C=O) groups excluding carboxylic acids is 1. The molecule has 18 heavy (non-hydrogen) atoms. The number of likely N-dealkylation sites (N-methyl/N-ethyl adjacent to an activating group) is 2. The van der Waals surface area contributed by atoms with Gasteiger partial charge < -0.3 is 10.0 Å². The molecule has 0 saturated carbocycles. The minimum absolute atomic E-state index is 0.00968. The van der Waals surface area contributed by atoms with Gasteiger partial charge in [0.05, 0.1) is 12.1 Å². The summed E-state index contributed by atoms with van der Waals surface area (Å²) in [5.74, 6) is 0.0620. The standard InChI is InChI=1S/C14H28N2O2/c1-7-8-9-16(6)10-11(2)14(18)13(12(3)17)15(4)5/h7-8,11,13-14,18H,9-10H2,1-6H3/b8-7+/t11-,13-,14-/m1/s1. The molecule has 0 spiro atoms. The van der Waals surface area contributed by atoms with Gasteiger partial charge in [0.15, 0.2) is 0 Å². The Bertz CT molecular complexity index is 277. The van der Waals surface area contributed by atoms with Gasteiger partial charge in [0.25, 0.3) is 0 Å². The summed E-state index contributed by atoms with van der Waals surface area (Å²) < 4.78 is 0. The number of aliphatic hydroxyl groups is 1. The Morgan fingerprint density at radius 2 is 1.89 bits per heavy atom. The van der Waals surface area contributed by atoms with Crippen LogP contribution in [0.3, 0.4) is 0 Å². The lowest BCUT2D eigenvalue weighted by Crippen LogP contribution is -2.49. The average Bonchev–Trinajstić information content (AvgIpc) is 2.25. The van der Waals surface area contributed by atoms with Crippen molar-refractivity contribution < 1.29 is 9.90 Å². The highest BCUT2D eigenvalue weighted by Gasteiger charge is 2.30. The molecule has 4 nitrogen and oxygen atoms in total. The zero-order chi connectivity index (χ0) is 14.3. The van der Waals surface area contributed by atoms with Crippen LogP contribution in [0, 0.1) is 5.92 Å². The van der Waals surface area contributed by atoms with Gasteiger partial charge in [0, 0.05) is 13.1 Å². The molecule has 0 aromatic heterocycles. The van der Waals surface area contributed by atoms with Crippen molar-refractivity contribution in [1.82, 2.24) is 9.80 Å². The molecule has 3 atom stereocenters. The highest BCUT2D eigenvalue weighted by atomic mass is 16.3. The van der Waals surface area contributed by atoms with Crippen LogP contribution in [-0.4, -0.2) is 67.1 Å². The Kier molecular flexibility index (Phi) is 8.07. The van der Waals surface area contributed by atoms with Crippen molar-refractivity contribution in [1.29, 1.82) is 0 Å². The Morgan fingerprint density at radius 3 is 2.28 bits per heavy atom. The van der Waals surface area contributed by atoms with Gasteiger partial charge in [-0.15, -0.1) is 0 Å². The van der Waals surface area contributed by atoms with Gasteiger partial charge in [-0.05, 0) is 40.9 Å². The van der Waals surface area contributed by atoms with Crippen molar-refractivity contribution in [2.75, 3.05) is 34.2 Å². The van der Waals surface area contributed by atoms with E-state index in [9.17, 15) is 9.90 Å². The van der Waals surface area contributed by atoms with Crippen LogP contribution in [0.4, 0.5) is 0 Å². The van der Waals surface area contributed by atoms with Crippen LogP contribution in [-0.2, 0) is 4.79 Å². The third-order valence-corrected chi connectivity index (χ3v) is 3.13. The lowest BCUT2D eigenvalue weighted by atomic mass is 9.94. The Hall–Kier alpha value is -0.710. The number of Topliss-reactive ketones (excluding diaryl/α,β-unsaturated/α-hetero) is 1. The van der Waals surface area contributed by atoms with Crippen molar-refractivity contribution in [3.05, 3.63) is 12.2 Å². The molecule has 0 heterocycles. The fourth-order valence-corrected chi connectivity index (χ4v) is 2.18. The van der Waals surface area contributed by atoms with Crippen molar-refractivity contribution in [2.24, 2.45) is 5.92 Å². The zero-order valence-corrected chi connectivity index (χ0v) is 12.6. The van der Waals surface area contributed by atoms with E-state index in [-0.39, 0.29) is 11.7 Å². The van der Waals surface area contributed by atoms with Gasteiger partial charge in [-0.3, -0.25) is 9.69 Å². The van der Waals surface area contributed by atoms with Crippen LogP contribution in [0.2, 0.25) is 0 Å². The minimum atomic E-state index is -0.634. The van der Waals surface area contributed by atoms with Crippen LogP contribution < -0.4 is 0 Å². The van der Waals surface area contributed by atoms with Gasteiger partial charge in [-0.1, -0.05) is 19.1 Å². The summed E-state index contributed by atoms with van der Waals surface area (Å²) in [5.41, 5.74) is 0. The quantitative estimate of drug-likeness (QED) is 0.658. The monoisotopic (exact) mass is 256 g/mol. The van der Waals surface area contributed by atoms with Crippen LogP contribution in [0.25, 0.3) is 0 Å². The molecule has 1 N–H and O–H groups in total. The molecule has 0 amide bonds. The first-order valence-electron chi connectivity index (χ1n) is 6.45. The first kappa shape index (κ1) is 17.3. The predicted octanol–water partition coefficient (Wildman–Crippen LogP) is 1.01. The van der Waals surface area contributed by atoms with E-state index in [1.165, 1.54) is 6.92 Å². The number of aliphatic hydroxyl groups excluding tert-OH is 1. The minimum Gasteiger partial charge on any atom is -0.391 e. The van der Waals surface area contributed by atoms with Gasteiger partial charge in [0.2, 0.25) is 0 Å². The predicted molar refractivity (Wildman–Crippen MR) is 75.6 cm³/mol. The van der Waals surface area contributed by atoms with Crippen molar-refractivity contribution in [3.8, 4) is 0 Å². The van der Waals surface area contributed by atoms with Crippen LogP contribution >= 0.6 is 0 Å². The summed E-state index contributed by atoms with van der Waals surface area (Å²) in [6.45, 7) is 7.13. The van der Waals surface area contributed by atoms with Gasteiger partial charge >= 0.3 is 0 Å². The Labute approximate surface area is 111 Å². The topological polar surface area (TPSA) is 43.8 Å². The van der Waals surface area contributed by atoms with Crippen LogP contribution in [0.5, 0.6) is 0 Å². The summed E-state index contributed by atoms with van der Waals surface area (Å²) >= 11 is 0. The molecule has 0 aromatic carbocycles. The summed E-state index contributed by atoms with van der Waals surface area (Å²) in [6, 6.07) is -0.421. The van der Waals surface area contributed by atoms with E-state index in [4.69, 9.17) is 0 Å². The zero-order valence-electron chi connectivity index (χ0n) is 12.6. The third-order valence-electron chi connectivity index (χ3n) is 3.13. The molecule has 0 saturated heterocycles. The molecule has 0 unspecified atom stereocenters. The molecule has 0 aliphatic carbocycles. The number of ketones is 1. The summed E-state index contributed by atoms with van der Waals surface area (Å²) in [4.78, 5) is 15.5. The number of allylic oxidation sites excluding steroid dienone is 1. The molecule has 0 aromatic rings. The number of carbonyl (C=O) groups is 1. The SMILES string of the molecule is C/C=C/CN(C)C[C@@H](C)[C@@H](O)[C@@H](C(C)=O)N(C)C. The smallest absolute Gasteiger partial charge is 0.149 e. The highest BCUT2D eigenvalue weighted by Crippen LogP contribution is 2.13. The van der Waals surface area contributed by atoms with E-state index in [1.807, 2.05) is 41.1 Å². The molecule has 0 bridgehead atoms.